The van der Waals surface area contributed by atoms with Crippen LogP contribution in [0.5, 0.6) is 0 Å². The van der Waals surface area contributed by atoms with E-state index in [-0.39, 0.29) is 30.6 Å². The lowest BCUT2D eigenvalue weighted by Gasteiger charge is -2.18. The number of halogens is 1. The summed E-state index contributed by atoms with van der Waals surface area (Å²) >= 11 is 6.12. The smallest absolute Gasteiger partial charge is 0.224 e. The van der Waals surface area contributed by atoms with E-state index in [1.54, 1.807) is 4.90 Å². The Morgan fingerprint density at radius 3 is 2.65 bits per heavy atom. The maximum atomic E-state index is 13.0. The normalized spacial score (nSPS) is 17.7. The summed E-state index contributed by atoms with van der Waals surface area (Å²) in [6.07, 6.45) is 2.77. The highest BCUT2D eigenvalue weighted by atomic mass is 35.5. The average molecular weight is 433 g/mol. The van der Waals surface area contributed by atoms with Crippen LogP contribution in [0.15, 0.2) is 54.6 Å². The maximum absolute atomic E-state index is 13.0. The molecule has 6 nitrogen and oxygen atoms in total. The first-order chi connectivity index (χ1) is 15.0. The highest BCUT2D eigenvalue weighted by Gasteiger charge is 2.31. The molecule has 2 aliphatic rings. The first-order valence-corrected chi connectivity index (χ1v) is 10.7. The van der Waals surface area contributed by atoms with Crippen molar-refractivity contribution in [2.24, 2.45) is 0 Å². The number of aromatic nitrogens is 3. The minimum absolute atomic E-state index is 0.0410. The molecule has 0 aliphatic carbocycles. The average Bonchev–Trinajstić information content (AvgIpc) is 3.34. The minimum Gasteiger partial charge on any atom is -0.335 e. The molecule has 2 aromatic carbocycles. The predicted molar refractivity (Wildman–Crippen MR) is 118 cm³/mol. The molecule has 0 N–H and O–H groups in total. The van der Waals surface area contributed by atoms with Crippen molar-refractivity contribution in [2.45, 2.75) is 25.7 Å². The molecule has 2 aliphatic heterocycles. The summed E-state index contributed by atoms with van der Waals surface area (Å²) in [5, 5.41) is 9.42. The molecule has 1 saturated heterocycles. The second-order valence-corrected chi connectivity index (χ2v) is 8.40. The van der Waals surface area contributed by atoms with Gasteiger partial charge in [-0.25, -0.2) is 0 Å². The van der Waals surface area contributed by atoms with Gasteiger partial charge >= 0.3 is 0 Å². The molecular formula is C24H21ClN4O2. The van der Waals surface area contributed by atoms with Gasteiger partial charge in [0, 0.05) is 35.9 Å². The van der Waals surface area contributed by atoms with E-state index in [1.165, 1.54) is 0 Å². The van der Waals surface area contributed by atoms with Crippen LogP contribution in [-0.4, -0.2) is 44.4 Å². The Labute approximate surface area is 185 Å². The summed E-state index contributed by atoms with van der Waals surface area (Å²) < 4.78 is 2.03. The van der Waals surface area contributed by atoms with Gasteiger partial charge in [-0.15, -0.1) is 10.2 Å². The van der Waals surface area contributed by atoms with Gasteiger partial charge in [0.05, 0.1) is 12.2 Å². The van der Waals surface area contributed by atoms with Crippen LogP contribution in [-0.2, 0) is 9.59 Å². The highest BCUT2D eigenvalue weighted by Crippen LogP contribution is 2.38. The maximum Gasteiger partial charge on any atom is 0.224 e. The minimum atomic E-state index is -0.275. The molecule has 1 fully saturated rings. The topological polar surface area (TPSA) is 68.1 Å². The summed E-state index contributed by atoms with van der Waals surface area (Å²) in [4.78, 5) is 26.3. The fourth-order valence-electron chi connectivity index (χ4n) is 4.37. The van der Waals surface area contributed by atoms with Gasteiger partial charge in [0.15, 0.2) is 5.78 Å². The van der Waals surface area contributed by atoms with Crippen molar-refractivity contribution in [2.75, 3.05) is 13.1 Å². The van der Waals surface area contributed by atoms with E-state index in [0.29, 0.717) is 18.0 Å². The van der Waals surface area contributed by atoms with Gasteiger partial charge in [0.2, 0.25) is 5.91 Å². The van der Waals surface area contributed by atoms with Crippen LogP contribution in [0.4, 0.5) is 0 Å². The standard InChI is InChI=1S/C24H21ClN4O2/c1-15-26-27-24-17(13-23(31)28-11-10-19(30)14-28)12-21(16-6-8-18(25)9-7-16)20-4-2-3-5-22(20)29(15)24/h2-9,12,17H,10-11,13-14H2,1H3. The number of benzene rings is 2. The summed E-state index contributed by atoms with van der Waals surface area (Å²) in [5.74, 6) is 1.29. The molecule has 3 heterocycles. The lowest BCUT2D eigenvalue weighted by atomic mass is 9.92. The van der Waals surface area contributed by atoms with Crippen molar-refractivity contribution in [1.29, 1.82) is 0 Å². The van der Waals surface area contributed by atoms with Crippen LogP contribution >= 0.6 is 11.6 Å². The molecule has 7 heteroatoms. The Hall–Kier alpha value is -3.25. The van der Waals surface area contributed by atoms with Crippen LogP contribution in [0.3, 0.4) is 0 Å². The largest absolute Gasteiger partial charge is 0.335 e. The molecule has 156 valence electrons. The number of Topliss-reactive ketones (excluding diaryl/α,β-unsaturated/α-hetero) is 1. The van der Waals surface area contributed by atoms with Crippen LogP contribution in [0, 0.1) is 6.92 Å². The van der Waals surface area contributed by atoms with Crippen molar-refractivity contribution in [1.82, 2.24) is 19.7 Å². The monoisotopic (exact) mass is 432 g/mol. The third-order valence-corrected chi connectivity index (χ3v) is 6.17. The summed E-state index contributed by atoms with van der Waals surface area (Å²) in [6.45, 7) is 2.61. The van der Waals surface area contributed by atoms with Crippen molar-refractivity contribution in [3.8, 4) is 5.69 Å². The third-order valence-electron chi connectivity index (χ3n) is 5.91. The highest BCUT2D eigenvalue weighted by molar-refractivity contribution is 6.30. The zero-order chi connectivity index (χ0) is 21.5. The quantitative estimate of drug-likeness (QED) is 0.628. The first-order valence-electron chi connectivity index (χ1n) is 10.3. The molecule has 0 bridgehead atoms. The molecule has 1 aromatic heterocycles. The van der Waals surface area contributed by atoms with E-state index in [9.17, 15) is 9.59 Å². The van der Waals surface area contributed by atoms with Crippen LogP contribution in [0.25, 0.3) is 11.3 Å². The number of para-hydroxylation sites is 1. The molecule has 5 rings (SSSR count). The number of hydrogen-bond donors (Lipinski definition) is 0. The van der Waals surface area contributed by atoms with Crippen LogP contribution in [0.1, 0.15) is 41.5 Å². The molecule has 31 heavy (non-hydrogen) atoms. The number of fused-ring (bicyclic) bond motifs is 3. The zero-order valence-electron chi connectivity index (χ0n) is 17.1. The van der Waals surface area contributed by atoms with Gasteiger partial charge in [-0.05, 0) is 36.3 Å². The Kier molecular flexibility index (Phi) is 4.94. The number of carbonyl (C=O) groups is 2. The zero-order valence-corrected chi connectivity index (χ0v) is 17.8. The number of amides is 1. The van der Waals surface area contributed by atoms with Crippen LogP contribution in [0.2, 0.25) is 5.02 Å². The summed E-state index contributed by atoms with van der Waals surface area (Å²) in [7, 11) is 0. The van der Waals surface area contributed by atoms with E-state index in [0.717, 1.165) is 34.0 Å². The molecule has 1 unspecified atom stereocenters. The van der Waals surface area contributed by atoms with E-state index in [1.807, 2.05) is 54.0 Å². The molecule has 1 amide bonds. The summed E-state index contributed by atoms with van der Waals surface area (Å²) in [5.41, 5.74) is 4.06. The number of aryl methyl sites for hydroxylation is 1. The van der Waals surface area contributed by atoms with E-state index >= 15 is 0 Å². The van der Waals surface area contributed by atoms with Gasteiger partial charge in [0.25, 0.3) is 0 Å². The first kappa shape index (κ1) is 19.7. The Bertz CT molecular complexity index is 1210. The van der Waals surface area contributed by atoms with E-state index in [2.05, 4.69) is 22.3 Å². The van der Waals surface area contributed by atoms with E-state index in [4.69, 9.17) is 11.6 Å². The van der Waals surface area contributed by atoms with Gasteiger partial charge in [-0.3, -0.25) is 14.2 Å². The van der Waals surface area contributed by atoms with Crippen molar-refractivity contribution >= 4 is 28.9 Å². The second-order valence-electron chi connectivity index (χ2n) is 7.96. The third kappa shape index (κ3) is 3.57. The fourth-order valence-corrected chi connectivity index (χ4v) is 4.50. The van der Waals surface area contributed by atoms with Gasteiger partial charge in [-0.2, -0.15) is 0 Å². The number of nitrogens with zero attached hydrogens (tertiary/aromatic N) is 4. The SMILES string of the molecule is Cc1nnc2n1-c1ccccc1C(c1ccc(Cl)cc1)=CC2CC(=O)N1CCC(=O)C1. The molecule has 1 atom stereocenters. The molecule has 0 spiro atoms. The lowest BCUT2D eigenvalue weighted by molar-refractivity contribution is -0.131. The number of likely N-dealkylation sites (tertiary alicyclic amines) is 1. The lowest BCUT2D eigenvalue weighted by Crippen LogP contribution is -2.30. The Morgan fingerprint density at radius 1 is 1.13 bits per heavy atom. The van der Waals surface area contributed by atoms with Crippen molar-refractivity contribution in [3.63, 3.8) is 0 Å². The number of rotatable bonds is 3. The molecule has 0 saturated carbocycles. The van der Waals surface area contributed by atoms with Crippen LogP contribution < -0.4 is 0 Å². The summed E-state index contributed by atoms with van der Waals surface area (Å²) in [6, 6.07) is 15.8. The van der Waals surface area contributed by atoms with Gasteiger partial charge < -0.3 is 4.90 Å². The number of ketones is 1. The van der Waals surface area contributed by atoms with E-state index < -0.39 is 0 Å². The fraction of sp³-hybridized carbons (Fsp3) is 0.250. The van der Waals surface area contributed by atoms with Crippen molar-refractivity contribution < 1.29 is 9.59 Å². The Balaban J connectivity index is 1.64. The molecular weight excluding hydrogens is 412 g/mol. The molecule has 0 radical (unpaired) electrons. The molecule has 3 aromatic rings. The van der Waals surface area contributed by atoms with Gasteiger partial charge in [-0.1, -0.05) is 48.0 Å². The number of allylic oxidation sites excluding steroid dienone is 1. The number of carbonyl (C=O) groups excluding carboxylic acids is 2. The predicted octanol–water partition coefficient (Wildman–Crippen LogP) is 3.95. The Morgan fingerprint density at radius 2 is 1.90 bits per heavy atom. The number of hydrogen-bond acceptors (Lipinski definition) is 4. The second kappa shape index (κ2) is 7.78. The van der Waals surface area contributed by atoms with Crippen molar-refractivity contribution in [3.05, 3.63) is 82.4 Å². The van der Waals surface area contributed by atoms with Gasteiger partial charge in [0.1, 0.15) is 11.6 Å².